The lowest BCUT2D eigenvalue weighted by molar-refractivity contribution is -0.0136. The molecule has 5 heteroatoms. The molecule has 1 unspecified atom stereocenters. The van der Waals surface area contributed by atoms with Crippen LogP contribution in [0.4, 0.5) is 0 Å². The zero-order chi connectivity index (χ0) is 15.6. The van der Waals surface area contributed by atoms with Crippen LogP contribution in [0, 0.1) is 0 Å². The van der Waals surface area contributed by atoms with Gasteiger partial charge in [0, 0.05) is 26.2 Å². The summed E-state index contributed by atoms with van der Waals surface area (Å²) < 4.78 is 5.76. The topological polar surface area (TPSA) is 48.9 Å². The van der Waals surface area contributed by atoms with Gasteiger partial charge in [-0.25, -0.2) is 0 Å². The Bertz CT molecular complexity index is 381. The Morgan fingerprint density at radius 2 is 2.32 bits per heavy atom. The number of hydrogen-bond acceptors (Lipinski definition) is 3. The normalized spacial score (nSPS) is 24.0. The molecule has 1 atom stereocenters. The summed E-state index contributed by atoms with van der Waals surface area (Å²) in [5.74, 6) is 0.913. The molecule has 2 rings (SSSR count). The zero-order valence-corrected chi connectivity index (χ0v) is 14.2. The van der Waals surface area contributed by atoms with Crippen molar-refractivity contribution in [2.75, 3.05) is 46.4 Å². The first-order valence-corrected chi connectivity index (χ1v) is 8.78. The minimum absolute atomic E-state index is 0.218. The number of guanidine groups is 1. The third-order valence-electron chi connectivity index (χ3n) is 4.26. The number of allylic oxidation sites excluding steroid dienone is 1. The van der Waals surface area contributed by atoms with Crippen LogP contribution in [0.15, 0.2) is 16.6 Å². The highest BCUT2D eigenvalue weighted by molar-refractivity contribution is 5.79. The van der Waals surface area contributed by atoms with E-state index in [0.29, 0.717) is 0 Å². The maximum atomic E-state index is 5.76. The zero-order valence-electron chi connectivity index (χ0n) is 14.2. The molecule has 0 spiro atoms. The third-order valence-corrected chi connectivity index (χ3v) is 4.26. The van der Waals surface area contributed by atoms with E-state index >= 15 is 0 Å². The number of ether oxygens (including phenoxy) is 1. The summed E-state index contributed by atoms with van der Waals surface area (Å²) in [6.07, 6.45) is 9.01. The van der Waals surface area contributed by atoms with Gasteiger partial charge in [0.05, 0.1) is 19.3 Å². The molecule has 5 nitrogen and oxygen atoms in total. The molecule has 0 aromatic heterocycles. The molecule has 0 saturated carbocycles. The van der Waals surface area contributed by atoms with Crippen molar-refractivity contribution >= 4 is 5.96 Å². The Balaban J connectivity index is 1.73. The minimum Gasteiger partial charge on any atom is -0.374 e. The van der Waals surface area contributed by atoms with Crippen LogP contribution in [0.3, 0.4) is 0 Å². The Labute approximate surface area is 135 Å². The summed E-state index contributed by atoms with van der Waals surface area (Å²) >= 11 is 0. The molecule has 1 saturated heterocycles. The molecule has 0 radical (unpaired) electrons. The van der Waals surface area contributed by atoms with Crippen molar-refractivity contribution in [3.63, 3.8) is 0 Å². The Hall–Kier alpha value is -1.07. The van der Waals surface area contributed by atoms with Gasteiger partial charge in [-0.2, -0.15) is 0 Å². The SMILES string of the molecule is CCNC(=NCC1CN(C)CCO1)NCCC1=CCCCC1. The second-order valence-electron chi connectivity index (χ2n) is 6.26. The van der Waals surface area contributed by atoms with Gasteiger partial charge in [0.15, 0.2) is 5.96 Å². The molecule has 0 bridgehead atoms. The van der Waals surface area contributed by atoms with Gasteiger partial charge in [0.2, 0.25) is 0 Å². The minimum atomic E-state index is 0.218. The largest absolute Gasteiger partial charge is 0.374 e. The molecule has 1 aliphatic heterocycles. The molecule has 126 valence electrons. The third kappa shape index (κ3) is 6.36. The average Bonchev–Trinajstić information content (AvgIpc) is 2.54. The first-order valence-electron chi connectivity index (χ1n) is 8.78. The number of morpholine rings is 1. The van der Waals surface area contributed by atoms with E-state index in [1.54, 1.807) is 5.57 Å². The van der Waals surface area contributed by atoms with E-state index in [-0.39, 0.29) is 6.10 Å². The predicted octanol–water partition coefficient (Wildman–Crippen LogP) is 1.76. The van der Waals surface area contributed by atoms with Gasteiger partial charge in [-0.15, -0.1) is 0 Å². The van der Waals surface area contributed by atoms with Crippen molar-refractivity contribution < 1.29 is 4.74 Å². The Morgan fingerprint density at radius 1 is 1.41 bits per heavy atom. The lowest BCUT2D eigenvalue weighted by Crippen LogP contribution is -2.43. The highest BCUT2D eigenvalue weighted by atomic mass is 16.5. The van der Waals surface area contributed by atoms with Crippen LogP contribution < -0.4 is 10.6 Å². The molecule has 2 aliphatic rings. The van der Waals surface area contributed by atoms with E-state index in [1.807, 2.05) is 0 Å². The summed E-state index contributed by atoms with van der Waals surface area (Å²) in [5, 5.41) is 6.77. The number of rotatable bonds is 6. The van der Waals surface area contributed by atoms with Gasteiger partial charge in [0.1, 0.15) is 0 Å². The van der Waals surface area contributed by atoms with Crippen LogP contribution in [-0.2, 0) is 4.74 Å². The smallest absolute Gasteiger partial charge is 0.191 e. The van der Waals surface area contributed by atoms with E-state index in [2.05, 4.69) is 40.6 Å². The second kappa shape index (κ2) is 9.85. The van der Waals surface area contributed by atoms with E-state index in [9.17, 15) is 0 Å². The summed E-state index contributed by atoms with van der Waals surface area (Å²) in [5.41, 5.74) is 1.60. The first-order chi connectivity index (χ1) is 10.8. The van der Waals surface area contributed by atoms with Crippen molar-refractivity contribution in [1.82, 2.24) is 15.5 Å². The van der Waals surface area contributed by atoms with Crippen molar-refractivity contribution in [3.8, 4) is 0 Å². The van der Waals surface area contributed by atoms with Crippen LogP contribution in [0.2, 0.25) is 0 Å². The van der Waals surface area contributed by atoms with Crippen LogP contribution in [0.1, 0.15) is 39.0 Å². The van der Waals surface area contributed by atoms with Gasteiger partial charge in [-0.05, 0) is 46.1 Å². The molecular formula is C17H32N4O. The fraction of sp³-hybridized carbons (Fsp3) is 0.824. The van der Waals surface area contributed by atoms with Crippen LogP contribution in [0.5, 0.6) is 0 Å². The molecule has 22 heavy (non-hydrogen) atoms. The molecule has 2 N–H and O–H groups in total. The number of nitrogens with one attached hydrogen (secondary N) is 2. The van der Waals surface area contributed by atoms with Crippen molar-refractivity contribution in [1.29, 1.82) is 0 Å². The first kappa shape index (κ1) is 17.3. The molecule has 1 heterocycles. The van der Waals surface area contributed by atoms with Gasteiger partial charge in [-0.1, -0.05) is 11.6 Å². The fourth-order valence-electron chi connectivity index (χ4n) is 2.99. The van der Waals surface area contributed by atoms with Crippen LogP contribution in [-0.4, -0.2) is 63.3 Å². The number of hydrogen-bond donors (Lipinski definition) is 2. The van der Waals surface area contributed by atoms with Gasteiger partial charge in [0.25, 0.3) is 0 Å². The molecule has 0 amide bonds. The average molecular weight is 308 g/mol. The maximum Gasteiger partial charge on any atom is 0.191 e. The van der Waals surface area contributed by atoms with Crippen LogP contribution >= 0.6 is 0 Å². The quantitative estimate of drug-likeness (QED) is 0.446. The second-order valence-corrected chi connectivity index (χ2v) is 6.26. The Kier molecular flexibility index (Phi) is 7.74. The van der Waals surface area contributed by atoms with E-state index in [0.717, 1.165) is 51.7 Å². The predicted molar refractivity (Wildman–Crippen MR) is 92.4 cm³/mol. The highest BCUT2D eigenvalue weighted by Gasteiger charge is 2.17. The number of aliphatic imine (C=N–C) groups is 1. The summed E-state index contributed by atoms with van der Waals surface area (Å²) in [6, 6.07) is 0. The number of nitrogens with zero attached hydrogens (tertiary/aromatic N) is 2. The summed E-state index contributed by atoms with van der Waals surface area (Å²) in [7, 11) is 2.14. The van der Waals surface area contributed by atoms with Crippen LogP contribution in [0.25, 0.3) is 0 Å². The standard InChI is InChI=1S/C17H32N4O/c1-3-18-17(19-10-9-15-7-5-4-6-8-15)20-13-16-14-21(2)11-12-22-16/h7,16H,3-6,8-14H2,1-2H3,(H2,18,19,20). The van der Waals surface area contributed by atoms with Crippen molar-refractivity contribution in [2.45, 2.75) is 45.1 Å². The summed E-state index contributed by atoms with van der Waals surface area (Å²) in [4.78, 5) is 6.98. The molecule has 1 aliphatic carbocycles. The Morgan fingerprint density at radius 3 is 3.05 bits per heavy atom. The molecule has 0 aromatic rings. The van der Waals surface area contributed by atoms with E-state index < -0.39 is 0 Å². The lowest BCUT2D eigenvalue weighted by Gasteiger charge is -2.29. The summed E-state index contributed by atoms with van der Waals surface area (Å²) in [6.45, 7) is 7.48. The monoisotopic (exact) mass is 308 g/mol. The van der Waals surface area contributed by atoms with Gasteiger partial charge >= 0.3 is 0 Å². The maximum absolute atomic E-state index is 5.76. The van der Waals surface area contributed by atoms with Gasteiger partial charge < -0.3 is 20.3 Å². The molecular weight excluding hydrogens is 276 g/mol. The molecule has 0 aromatic carbocycles. The van der Waals surface area contributed by atoms with E-state index in [1.165, 1.54) is 25.7 Å². The fourth-order valence-corrected chi connectivity index (χ4v) is 2.99. The van der Waals surface area contributed by atoms with Crippen molar-refractivity contribution in [3.05, 3.63) is 11.6 Å². The number of likely N-dealkylation sites (N-methyl/N-ethyl adjacent to an activating group) is 1. The molecule has 1 fully saturated rings. The lowest BCUT2D eigenvalue weighted by atomic mass is 9.97. The van der Waals surface area contributed by atoms with E-state index in [4.69, 9.17) is 4.74 Å². The van der Waals surface area contributed by atoms with Gasteiger partial charge in [-0.3, -0.25) is 4.99 Å². The highest BCUT2D eigenvalue weighted by Crippen LogP contribution is 2.19. The van der Waals surface area contributed by atoms with Crippen molar-refractivity contribution in [2.24, 2.45) is 4.99 Å².